The molecule has 2 amide bonds. The fourth-order valence-electron chi connectivity index (χ4n) is 2.39. The summed E-state index contributed by atoms with van der Waals surface area (Å²) < 4.78 is 0. The number of rotatable bonds is 2. The second-order valence-electron chi connectivity index (χ2n) is 4.97. The van der Waals surface area contributed by atoms with Crippen molar-refractivity contribution >= 4 is 34.3 Å². The van der Waals surface area contributed by atoms with Gasteiger partial charge in [0.2, 0.25) is 5.91 Å². The van der Waals surface area contributed by atoms with Gasteiger partial charge in [-0.05, 0) is 25.0 Å². The van der Waals surface area contributed by atoms with Crippen LogP contribution in [-0.2, 0) is 4.79 Å². The Hall–Kier alpha value is -2.14. The highest BCUT2D eigenvalue weighted by Crippen LogP contribution is 2.22. The minimum atomic E-state index is -0.502. The molecular formula is C15H14ClN3O2. The molecule has 21 heavy (non-hydrogen) atoms. The third-order valence-electron chi connectivity index (χ3n) is 3.49. The molecule has 1 aromatic heterocycles. The maximum Gasteiger partial charge on any atom is 0.270 e. The van der Waals surface area contributed by atoms with Gasteiger partial charge in [0.25, 0.3) is 5.91 Å². The SMILES string of the molecule is O=C(NC1CCCNC1=O)c1cc(Cl)c2ccccc2n1. The molecule has 1 atom stereocenters. The highest BCUT2D eigenvalue weighted by Gasteiger charge is 2.24. The van der Waals surface area contributed by atoms with Crippen LogP contribution < -0.4 is 10.6 Å². The van der Waals surface area contributed by atoms with E-state index in [1.165, 1.54) is 6.07 Å². The molecule has 2 N–H and O–H groups in total. The number of piperidine rings is 1. The molecule has 1 saturated heterocycles. The Labute approximate surface area is 126 Å². The van der Waals surface area contributed by atoms with Crippen LogP contribution in [0.25, 0.3) is 10.9 Å². The number of nitrogens with one attached hydrogen (secondary N) is 2. The van der Waals surface area contributed by atoms with Gasteiger partial charge in [-0.2, -0.15) is 0 Å². The highest BCUT2D eigenvalue weighted by atomic mass is 35.5. The summed E-state index contributed by atoms with van der Waals surface area (Å²) in [4.78, 5) is 28.2. The molecule has 2 heterocycles. The van der Waals surface area contributed by atoms with Crippen molar-refractivity contribution in [3.63, 3.8) is 0 Å². The Balaban J connectivity index is 1.86. The van der Waals surface area contributed by atoms with Gasteiger partial charge in [0.1, 0.15) is 11.7 Å². The number of aromatic nitrogens is 1. The molecule has 1 aliphatic heterocycles. The maximum absolute atomic E-state index is 12.2. The van der Waals surface area contributed by atoms with E-state index in [1.54, 1.807) is 6.07 Å². The molecule has 5 nitrogen and oxygen atoms in total. The summed E-state index contributed by atoms with van der Waals surface area (Å²) in [6.07, 6.45) is 1.49. The summed E-state index contributed by atoms with van der Waals surface area (Å²) in [7, 11) is 0. The first-order valence-electron chi connectivity index (χ1n) is 6.79. The van der Waals surface area contributed by atoms with Gasteiger partial charge in [0.15, 0.2) is 0 Å². The zero-order valence-corrected chi connectivity index (χ0v) is 12.0. The fourth-order valence-corrected chi connectivity index (χ4v) is 2.65. The Kier molecular flexibility index (Phi) is 3.75. The Morgan fingerprint density at radius 2 is 2.19 bits per heavy atom. The van der Waals surface area contributed by atoms with Gasteiger partial charge >= 0.3 is 0 Å². The van der Waals surface area contributed by atoms with E-state index in [-0.39, 0.29) is 17.5 Å². The monoisotopic (exact) mass is 303 g/mol. The lowest BCUT2D eigenvalue weighted by molar-refractivity contribution is -0.124. The van der Waals surface area contributed by atoms with Gasteiger partial charge in [-0.3, -0.25) is 9.59 Å². The molecule has 6 heteroatoms. The summed E-state index contributed by atoms with van der Waals surface area (Å²) >= 11 is 6.18. The number of para-hydroxylation sites is 1. The minimum absolute atomic E-state index is 0.151. The number of hydrogen-bond acceptors (Lipinski definition) is 3. The zero-order valence-electron chi connectivity index (χ0n) is 11.2. The Morgan fingerprint density at radius 3 is 3.00 bits per heavy atom. The van der Waals surface area contributed by atoms with Crippen LogP contribution in [-0.4, -0.2) is 29.4 Å². The number of hydrogen-bond donors (Lipinski definition) is 2. The van der Waals surface area contributed by atoms with E-state index in [0.29, 0.717) is 23.5 Å². The third-order valence-corrected chi connectivity index (χ3v) is 3.80. The van der Waals surface area contributed by atoms with Crippen LogP contribution in [0.4, 0.5) is 0 Å². The van der Waals surface area contributed by atoms with Crippen molar-refractivity contribution in [2.24, 2.45) is 0 Å². The fraction of sp³-hybridized carbons (Fsp3) is 0.267. The van der Waals surface area contributed by atoms with Gasteiger partial charge in [0.05, 0.1) is 10.5 Å². The first-order valence-corrected chi connectivity index (χ1v) is 7.17. The van der Waals surface area contributed by atoms with Crippen molar-refractivity contribution in [2.75, 3.05) is 6.54 Å². The Bertz CT molecular complexity index is 717. The van der Waals surface area contributed by atoms with E-state index in [9.17, 15) is 9.59 Å². The molecule has 0 aliphatic carbocycles. The number of pyridine rings is 1. The molecule has 0 radical (unpaired) electrons. The van der Waals surface area contributed by atoms with Crippen molar-refractivity contribution in [3.8, 4) is 0 Å². The predicted octanol–water partition coefficient (Wildman–Crippen LogP) is 1.90. The van der Waals surface area contributed by atoms with Crippen LogP contribution in [0.1, 0.15) is 23.3 Å². The van der Waals surface area contributed by atoms with Crippen molar-refractivity contribution in [1.82, 2.24) is 15.6 Å². The smallest absolute Gasteiger partial charge is 0.270 e. The largest absolute Gasteiger partial charge is 0.354 e. The zero-order chi connectivity index (χ0) is 14.8. The van der Waals surface area contributed by atoms with E-state index in [1.807, 2.05) is 18.2 Å². The van der Waals surface area contributed by atoms with Crippen LogP contribution in [0.3, 0.4) is 0 Å². The summed E-state index contributed by atoms with van der Waals surface area (Å²) in [5.41, 5.74) is 0.875. The molecular weight excluding hydrogens is 290 g/mol. The lowest BCUT2D eigenvalue weighted by atomic mass is 10.1. The summed E-state index contributed by atoms with van der Waals surface area (Å²) in [6.45, 7) is 0.658. The third kappa shape index (κ3) is 2.83. The summed E-state index contributed by atoms with van der Waals surface area (Å²) in [6, 6.07) is 8.37. The first-order chi connectivity index (χ1) is 10.1. The molecule has 0 bridgehead atoms. The average Bonchev–Trinajstić information content (AvgIpc) is 2.49. The molecule has 1 unspecified atom stereocenters. The van der Waals surface area contributed by atoms with E-state index in [2.05, 4.69) is 15.6 Å². The van der Waals surface area contributed by atoms with E-state index < -0.39 is 6.04 Å². The minimum Gasteiger partial charge on any atom is -0.354 e. The highest BCUT2D eigenvalue weighted by molar-refractivity contribution is 6.35. The molecule has 108 valence electrons. The van der Waals surface area contributed by atoms with Crippen LogP contribution in [0.5, 0.6) is 0 Å². The summed E-state index contributed by atoms with van der Waals surface area (Å²) in [5.74, 6) is -0.536. The molecule has 1 aliphatic rings. The Morgan fingerprint density at radius 1 is 1.38 bits per heavy atom. The average molecular weight is 304 g/mol. The normalized spacial score (nSPS) is 18.3. The van der Waals surface area contributed by atoms with Gasteiger partial charge in [-0.1, -0.05) is 29.8 Å². The van der Waals surface area contributed by atoms with Gasteiger partial charge in [0, 0.05) is 11.9 Å². The van der Waals surface area contributed by atoms with Crippen LogP contribution in [0, 0.1) is 0 Å². The number of fused-ring (bicyclic) bond motifs is 1. The van der Waals surface area contributed by atoms with Crippen molar-refractivity contribution in [1.29, 1.82) is 0 Å². The van der Waals surface area contributed by atoms with Gasteiger partial charge in [-0.25, -0.2) is 4.98 Å². The van der Waals surface area contributed by atoms with Crippen molar-refractivity contribution < 1.29 is 9.59 Å². The van der Waals surface area contributed by atoms with E-state index in [4.69, 9.17) is 11.6 Å². The molecule has 0 spiro atoms. The number of amides is 2. The lowest BCUT2D eigenvalue weighted by Crippen LogP contribution is -2.50. The van der Waals surface area contributed by atoms with Crippen molar-refractivity contribution in [3.05, 3.63) is 41.0 Å². The molecule has 1 fully saturated rings. The number of halogens is 1. The number of carbonyl (C=O) groups excluding carboxylic acids is 2. The molecule has 0 saturated carbocycles. The molecule has 2 aromatic rings. The van der Waals surface area contributed by atoms with Crippen LogP contribution in [0.2, 0.25) is 5.02 Å². The molecule has 1 aromatic carbocycles. The second-order valence-corrected chi connectivity index (χ2v) is 5.37. The predicted molar refractivity (Wildman–Crippen MR) is 80.3 cm³/mol. The number of nitrogens with zero attached hydrogens (tertiary/aromatic N) is 1. The van der Waals surface area contributed by atoms with Gasteiger partial charge < -0.3 is 10.6 Å². The maximum atomic E-state index is 12.2. The standard InChI is InChI=1S/C15H14ClN3O2/c16-10-8-13(18-11-5-2-1-4-9(10)11)15(21)19-12-6-3-7-17-14(12)20/h1-2,4-5,8,12H,3,6-7H2,(H,17,20)(H,19,21). The second kappa shape index (κ2) is 5.69. The number of carbonyl (C=O) groups is 2. The van der Waals surface area contributed by atoms with Crippen molar-refractivity contribution in [2.45, 2.75) is 18.9 Å². The number of benzene rings is 1. The van der Waals surface area contributed by atoms with Crippen LogP contribution in [0.15, 0.2) is 30.3 Å². The quantitative estimate of drug-likeness (QED) is 0.890. The van der Waals surface area contributed by atoms with E-state index in [0.717, 1.165) is 11.8 Å². The van der Waals surface area contributed by atoms with Crippen LogP contribution >= 0.6 is 11.6 Å². The molecule has 3 rings (SSSR count). The topological polar surface area (TPSA) is 71.1 Å². The first kappa shape index (κ1) is 13.8. The lowest BCUT2D eigenvalue weighted by Gasteiger charge is -2.22. The van der Waals surface area contributed by atoms with E-state index >= 15 is 0 Å². The summed E-state index contributed by atoms with van der Waals surface area (Å²) in [5, 5.41) is 6.70. The van der Waals surface area contributed by atoms with Gasteiger partial charge in [-0.15, -0.1) is 0 Å².